The molecular formula is C19H17N5O3. The van der Waals surface area contributed by atoms with Crippen LogP contribution < -0.4 is 10.6 Å². The minimum atomic E-state index is -0.982. The molecule has 8 nitrogen and oxygen atoms in total. The van der Waals surface area contributed by atoms with Gasteiger partial charge in [-0.1, -0.05) is 6.58 Å². The number of nitrogens with zero attached hydrogens (tertiary/aromatic N) is 2. The number of aromatic carboxylic acids is 1. The number of hydrogen-bond donors (Lipinski definition) is 4. The summed E-state index contributed by atoms with van der Waals surface area (Å²) in [5.74, 6) is -0.308. The molecule has 136 valence electrons. The fraction of sp³-hybridized carbons (Fsp3) is 0.0526. The molecule has 1 heterocycles. The van der Waals surface area contributed by atoms with Gasteiger partial charge in [0.2, 0.25) is 5.95 Å². The minimum absolute atomic E-state index is 0.204. The molecule has 3 rings (SSSR count). The van der Waals surface area contributed by atoms with Gasteiger partial charge in [0.15, 0.2) is 5.82 Å². The number of aromatic nitrogens is 3. The Kier molecular flexibility index (Phi) is 4.98. The van der Waals surface area contributed by atoms with E-state index in [1.165, 1.54) is 12.1 Å². The standard InChI is InChI=1S/C19H17N5O3/c1-11(2)17(25)20-14-7-3-12(4-8-14)16-22-19(24-23-16)21-15-9-5-13(6-10-15)18(26)27/h3-10H,1H2,2H3,(H,20,25)(H,26,27)(H2,21,22,23,24). The van der Waals surface area contributed by atoms with Crippen LogP contribution >= 0.6 is 0 Å². The van der Waals surface area contributed by atoms with Gasteiger partial charge in [-0.25, -0.2) is 4.79 Å². The van der Waals surface area contributed by atoms with Crippen molar-refractivity contribution in [2.24, 2.45) is 0 Å². The average molecular weight is 363 g/mol. The second-order valence-electron chi connectivity index (χ2n) is 5.83. The van der Waals surface area contributed by atoms with Crippen LogP contribution in [0.25, 0.3) is 11.4 Å². The van der Waals surface area contributed by atoms with E-state index in [2.05, 4.69) is 32.4 Å². The minimum Gasteiger partial charge on any atom is -0.478 e. The van der Waals surface area contributed by atoms with Crippen LogP contribution in [-0.2, 0) is 4.79 Å². The Morgan fingerprint density at radius 2 is 1.67 bits per heavy atom. The Balaban J connectivity index is 1.69. The molecule has 0 atom stereocenters. The molecule has 0 aliphatic rings. The van der Waals surface area contributed by atoms with E-state index >= 15 is 0 Å². The fourth-order valence-electron chi connectivity index (χ4n) is 2.22. The maximum Gasteiger partial charge on any atom is 0.335 e. The van der Waals surface area contributed by atoms with Crippen LogP contribution in [0.15, 0.2) is 60.7 Å². The summed E-state index contributed by atoms with van der Waals surface area (Å²) < 4.78 is 0. The summed E-state index contributed by atoms with van der Waals surface area (Å²) in [5.41, 5.74) is 2.76. The smallest absolute Gasteiger partial charge is 0.335 e. The largest absolute Gasteiger partial charge is 0.478 e. The van der Waals surface area contributed by atoms with Crippen LogP contribution in [-0.4, -0.2) is 32.2 Å². The highest BCUT2D eigenvalue weighted by Crippen LogP contribution is 2.21. The Bertz CT molecular complexity index is 991. The lowest BCUT2D eigenvalue weighted by Gasteiger charge is -2.05. The van der Waals surface area contributed by atoms with Crippen molar-refractivity contribution in [1.29, 1.82) is 0 Å². The van der Waals surface area contributed by atoms with Crippen molar-refractivity contribution in [2.45, 2.75) is 6.92 Å². The molecule has 0 aliphatic heterocycles. The molecule has 0 aliphatic carbocycles. The van der Waals surface area contributed by atoms with Gasteiger partial charge in [0.25, 0.3) is 5.91 Å². The Morgan fingerprint density at radius 3 is 2.26 bits per heavy atom. The summed E-state index contributed by atoms with van der Waals surface area (Å²) in [5, 5.41) is 21.6. The zero-order valence-electron chi connectivity index (χ0n) is 14.5. The number of benzene rings is 2. The van der Waals surface area contributed by atoms with Crippen LogP contribution in [0, 0.1) is 0 Å². The molecule has 4 N–H and O–H groups in total. The third-order valence-electron chi connectivity index (χ3n) is 3.68. The van der Waals surface area contributed by atoms with Gasteiger partial charge in [-0.3, -0.25) is 9.89 Å². The van der Waals surface area contributed by atoms with E-state index in [0.717, 1.165) is 5.56 Å². The lowest BCUT2D eigenvalue weighted by atomic mass is 10.2. The second-order valence-corrected chi connectivity index (χ2v) is 5.83. The number of hydrogen-bond acceptors (Lipinski definition) is 5. The maximum absolute atomic E-state index is 11.6. The summed E-state index contributed by atoms with van der Waals surface area (Å²) in [6, 6.07) is 13.4. The number of carbonyl (C=O) groups is 2. The molecule has 0 fully saturated rings. The zero-order valence-corrected chi connectivity index (χ0v) is 14.5. The van der Waals surface area contributed by atoms with Crippen LogP contribution in [0.5, 0.6) is 0 Å². The highest BCUT2D eigenvalue weighted by molar-refractivity contribution is 6.02. The highest BCUT2D eigenvalue weighted by atomic mass is 16.4. The summed E-state index contributed by atoms with van der Waals surface area (Å²) in [6.07, 6.45) is 0. The Labute approximate surface area is 155 Å². The van der Waals surface area contributed by atoms with Crippen molar-refractivity contribution in [2.75, 3.05) is 10.6 Å². The molecule has 3 aromatic rings. The fourth-order valence-corrected chi connectivity index (χ4v) is 2.22. The number of amides is 1. The van der Waals surface area contributed by atoms with Gasteiger partial charge in [0, 0.05) is 22.5 Å². The number of carboxylic acids is 1. The molecule has 0 radical (unpaired) electrons. The van der Waals surface area contributed by atoms with Crippen LogP contribution in [0.3, 0.4) is 0 Å². The SMILES string of the molecule is C=C(C)C(=O)Nc1ccc(-c2nc(Nc3ccc(C(=O)O)cc3)n[nH]2)cc1. The predicted molar refractivity (Wildman–Crippen MR) is 102 cm³/mol. The van der Waals surface area contributed by atoms with E-state index < -0.39 is 5.97 Å². The van der Waals surface area contributed by atoms with E-state index in [1.807, 2.05) is 0 Å². The molecule has 0 spiro atoms. The van der Waals surface area contributed by atoms with Gasteiger partial charge in [0.05, 0.1) is 5.56 Å². The molecule has 0 saturated carbocycles. The molecule has 0 bridgehead atoms. The second kappa shape index (κ2) is 7.52. The average Bonchev–Trinajstić information content (AvgIpc) is 3.11. The maximum atomic E-state index is 11.6. The number of carbonyl (C=O) groups excluding carboxylic acids is 1. The lowest BCUT2D eigenvalue weighted by molar-refractivity contribution is -0.112. The number of carboxylic acid groups (broad SMARTS) is 1. The summed E-state index contributed by atoms with van der Waals surface area (Å²) in [7, 11) is 0. The highest BCUT2D eigenvalue weighted by Gasteiger charge is 2.08. The third kappa shape index (κ3) is 4.37. The molecular weight excluding hydrogens is 346 g/mol. The van der Waals surface area contributed by atoms with Crippen molar-refractivity contribution in [3.8, 4) is 11.4 Å². The molecule has 0 saturated heterocycles. The van der Waals surface area contributed by atoms with E-state index in [-0.39, 0.29) is 11.5 Å². The first kappa shape index (κ1) is 17.9. The molecule has 0 unspecified atom stereocenters. The van der Waals surface area contributed by atoms with Crippen molar-refractivity contribution in [1.82, 2.24) is 15.2 Å². The number of nitrogens with one attached hydrogen (secondary N) is 3. The first-order valence-electron chi connectivity index (χ1n) is 8.02. The molecule has 1 amide bonds. The van der Waals surface area contributed by atoms with Crippen LogP contribution in [0.4, 0.5) is 17.3 Å². The first-order valence-corrected chi connectivity index (χ1v) is 8.02. The van der Waals surface area contributed by atoms with Gasteiger partial charge < -0.3 is 15.7 Å². The Morgan fingerprint density at radius 1 is 1.04 bits per heavy atom. The number of rotatable bonds is 6. The van der Waals surface area contributed by atoms with Gasteiger partial charge in [-0.05, 0) is 55.5 Å². The van der Waals surface area contributed by atoms with Crippen molar-refractivity contribution in [3.63, 3.8) is 0 Å². The van der Waals surface area contributed by atoms with E-state index in [4.69, 9.17) is 5.11 Å². The molecule has 1 aromatic heterocycles. The van der Waals surface area contributed by atoms with Crippen molar-refractivity contribution in [3.05, 3.63) is 66.2 Å². The zero-order chi connectivity index (χ0) is 19.4. The van der Waals surface area contributed by atoms with E-state index in [1.54, 1.807) is 43.3 Å². The van der Waals surface area contributed by atoms with Crippen molar-refractivity contribution >= 4 is 29.2 Å². The Hall–Kier alpha value is -3.94. The normalized spacial score (nSPS) is 10.3. The number of anilines is 3. The number of aromatic amines is 1. The van der Waals surface area contributed by atoms with Gasteiger partial charge in [-0.15, -0.1) is 5.10 Å². The number of H-pyrrole nitrogens is 1. The summed E-state index contributed by atoms with van der Waals surface area (Å²) in [4.78, 5) is 26.8. The monoisotopic (exact) mass is 363 g/mol. The molecule has 2 aromatic carbocycles. The lowest BCUT2D eigenvalue weighted by Crippen LogP contribution is -2.11. The summed E-state index contributed by atoms with van der Waals surface area (Å²) >= 11 is 0. The topological polar surface area (TPSA) is 120 Å². The van der Waals surface area contributed by atoms with Crippen LogP contribution in [0.1, 0.15) is 17.3 Å². The van der Waals surface area contributed by atoms with Gasteiger partial charge in [0.1, 0.15) is 0 Å². The van der Waals surface area contributed by atoms with Gasteiger partial charge >= 0.3 is 5.97 Å². The van der Waals surface area contributed by atoms with Crippen molar-refractivity contribution < 1.29 is 14.7 Å². The third-order valence-corrected chi connectivity index (χ3v) is 3.68. The molecule has 8 heteroatoms. The van der Waals surface area contributed by atoms with E-state index in [9.17, 15) is 9.59 Å². The van der Waals surface area contributed by atoms with Crippen LogP contribution in [0.2, 0.25) is 0 Å². The predicted octanol–water partition coefficient (Wildman–Crippen LogP) is 3.43. The quantitative estimate of drug-likeness (QED) is 0.498. The van der Waals surface area contributed by atoms with Gasteiger partial charge in [-0.2, -0.15) is 4.98 Å². The van der Waals surface area contributed by atoms with E-state index in [0.29, 0.717) is 28.7 Å². The summed E-state index contributed by atoms with van der Waals surface area (Å²) in [6.45, 7) is 5.24. The first-order chi connectivity index (χ1) is 12.9. The molecule has 27 heavy (non-hydrogen) atoms.